The van der Waals surface area contributed by atoms with Gasteiger partial charge in [-0.3, -0.25) is 0 Å². The number of methoxy groups -OCH3 is 2. The molecule has 5 heteroatoms. The summed E-state index contributed by atoms with van der Waals surface area (Å²) in [5, 5.41) is 3.22. The molecule has 0 aliphatic carbocycles. The lowest BCUT2D eigenvalue weighted by Crippen LogP contribution is -2.00. The predicted molar refractivity (Wildman–Crippen MR) is 73.7 cm³/mol. The van der Waals surface area contributed by atoms with Gasteiger partial charge < -0.3 is 14.8 Å². The molecule has 0 aliphatic rings. The molecule has 1 aromatic rings. The minimum atomic E-state index is 0. The highest BCUT2D eigenvalue weighted by molar-refractivity contribution is 14.1. The highest BCUT2D eigenvalue weighted by Gasteiger charge is 2.08. The predicted octanol–water partition coefficient (Wildman–Crippen LogP) is 3.16. The van der Waals surface area contributed by atoms with Crippen LogP contribution >= 0.6 is 35.0 Å². The highest BCUT2D eigenvalue weighted by atomic mass is 127. The summed E-state index contributed by atoms with van der Waals surface area (Å²) < 4.78 is 11.5. The smallest absolute Gasteiger partial charge is 0.143 e. The van der Waals surface area contributed by atoms with Gasteiger partial charge in [0.25, 0.3) is 0 Å². The molecule has 0 amide bonds. The number of rotatable bonds is 4. The second-order valence-corrected chi connectivity index (χ2v) is 3.88. The number of anilines is 1. The van der Waals surface area contributed by atoms with Crippen molar-refractivity contribution in [3.63, 3.8) is 0 Å². The van der Waals surface area contributed by atoms with Crippen LogP contribution in [0, 0.1) is 3.57 Å². The Labute approximate surface area is 110 Å². The third-order valence-corrected chi connectivity index (χ3v) is 2.68. The van der Waals surface area contributed by atoms with E-state index in [0.717, 1.165) is 27.3 Å². The SMILES string of the molecule is CCNc1cc(OC)c(I)cc1OC.Cl. The van der Waals surface area contributed by atoms with Crippen LogP contribution in [0.3, 0.4) is 0 Å². The average molecular weight is 344 g/mol. The van der Waals surface area contributed by atoms with E-state index in [4.69, 9.17) is 9.47 Å². The number of halogens is 2. The van der Waals surface area contributed by atoms with Crippen molar-refractivity contribution in [3.8, 4) is 11.5 Å². The molecule has 0 saturated carbocycles. The fraction of sp³-hybridized carbons (Fsp3) is 0.400. The van der Waals surface area contributed by atoms with Crippen LogP contribution in [0.1, 0.15) is 6.92 Å². The number of hydrogen-bond acceptors (Lipinski definition) is 3. The Morgan fingerprint density at radius 1 is 1.20 bits per heavy atom. The zero-order valence-electron chi connectivity index (χ0n) is 8.96. The Bertz CT molecular complexity index is 321. The van der Waals surface area contributed by atoms with Crippen molar-refractivity contribution in [1.82, 2.24) is 0 Å². The van der Waals surface area contributed by atoms with Gasteiger partial charge in [0, 0.05) is 12.6 Å². The summed E-state index contributed by atoms with van der Waals surface area (Å²) >= 11 is 2.22. The minimum Gasteiger partial charge on any atom is -0.496 e. The zero-order chi connectivity index (χ0) is 10.6. The molecule has 1 rings (SSSR count). The van der Waals surface area contributed by atoms with Gasteiger partial charge in [-0.2, -0.15) is 0 Å². The van der Waals surface area contributed by atoms with Crippen LogP contribution in [0.15, 0.2) is 12.1 Å². The molecule has 3 nitrogen and oxygen atoms in total. The first-order valence-electron chi connectivity index (χ1n) is 4.38. The van der Waals surface area contributed by atoms with Gasteiger partial charge in [-0.25, -0.2) is 0 Å². The van der Waals surface area contributed by atoms with Crippen molar-refractivity contribution in [2.45, 2.75) is 6.92 Å². The van der Waals surface area contributed by atoms with Gasteiger partial charge in [0.15, 0.2) is 0 Å². The lowest BCUT2D eigenvalue weighted by Gasteiger charge is -2.12. The van der Waals surface area contributed by atoms with E-state index >= 15 is 0 Å². The first-order valence-corrected chi connectivity index (χ1v) is 5.46. The molecule has 0 fully saturated rings. The molecule has 0 spiro atoms. The summed E-state index contributed by atoms with van der Waals surface area (Å²) in [6, 6.07) is 3.90. The molecule has 15 heavy (non-hydrogen) atoms. The van der Waals surface area contributed by atoms with E-state index in [-0.39, 0.29) is 12.4 Å². The minimum absolute atomic E-state index is 0. The zero-order valence-corrected chi connectivity index (χ0v) is 11.9. The van der Waals surface area contributed by atoms with Crippen molar-refractivity contribution in [2.24, 2.45) is 0 Å². The van der Waals surface area contributed by atoms with E-state index in [9.17, 15) is 0 Å². The maximum Gasteiger partial charge on any atom is 0.143 e. The van der Waals surface area contributed by atoms with E-state index in [1.54, 1.807) is 14.2 Å². The summed E-state index contributed by atoms with van der Waals surface area (Å²) in [6.45, 7) is 2.91. The molecule has 0 saturated heterocycles. The fourth-order valence-electron chi connectivity index (χ4n) is 1.19. The quantitative estimate of drug-likeness (QED) is 0.852. The summed E-state index contributed by atoms with van der Waals surface area (Å²) in [5.41, 5.74) is 0.965. The number of ether oxygens (including phenoxy) is 2. The standard InChI is InChI=1S/C10H14INO2.ClH/c1-4-12-8-6-9(13-2)7(11)5-10(8)14-3;/h5-6,12H,4H2,1-3H3;1H. The summed E-state index contributed by atoms with van der Waals surface area (Å²) in [6.07, 6.45) is 0. The van der Waals surface area contributed by atoms with E-state index in [1.807, 2.05) is 19.1 Å². The third-order valence-electron chi connectivity index (χ3n) is 1.84. The molecule has 0 heterocycles. The van der Waals surface area contributed by atoms with E-state index in [0.29, 0.717) is 0 Å². The Morgan fingerprint density at radius 3 is 2.27 bits per heavy atom. The maximum absolute atomic E-state index is 5.26. The lowest BCUT2D eigenvalue weighted by atomic mass is 10.2. The molecule has 0 atom stereocenters. The van der Waals surface area contributed by atoms with E-state index in [1.165, 1.54) is 0 Å². The van der Waals surface area contributed by atoms with Crippen molar-refractivity contribution in [2.75, 3.05) is 26.1 Å². The van der Waals surface area contributed by atoms with Crippen LogP contribution in [-0.4, -0.2) is 20.8 Å². The van der Waals surface area contributed by atoms with Crippen LogP contribution in [0.4, 0.5) is 5.69 Å². The van der Waals surface area contributed by atoms with Gasteiger partial charge in [-0.1, -0.05) is 0 Å². The molecule has 0 bridgehead atoms. The number of hydrogen-bond donors (Lipinski definition) is 1. The van der Waals surface area contributed by atoms with Crippen LogP contribution in [0.2, 0.25) is 0 Å². The maximum atomic E-state index is 5.26. The Hall–Kier alpha value is -0.360. The van der Waals surface area contributed by atoms with Gasteiger partial charge in [0.1, 0.15) is 11.5 Å². The van der Waals surface area contributed by atoms with Crippen LogP contribution in [-0.2, 0) is 0 Å². The van der Waals surface area contributed by atoms with Gasteiger partial charge >= 0.3 is 0 Å². The second-order valence-electron chi connectivity index (χ2n) is 2.72. The molecule has 1 aromatic carbocycles. The van der Waals surface area contributed by atoms with E-state index < -0.39 is 0 Å². The second kappa shape index (κ2) is 7.00. The molecule has 0 aliphatic heterocycles. The van der Waals surface area contributed by atoms with Crippen molar-refractivity contribution >= 4 is 40.7 Å². The Morgan fingerprint density at radius 2 is 1.80 bits per heavy atom. The molecule has 1 N–H and O–H groups in total. The summed E-state index contributed by atoms with van der Waals surface area (Å²) in [7, 11) is 3.33. The monoisotopic (exact) mass is 343 g/mol. The normalized spacial score (nSPS) is 9.07. The molecule has 86 valence electrons. The number of benzene rings is 1. The van der Waals surface area contributed by atoms with Crippen LogP contribution in [0.5, 0.6) is 11.5 Å². The van der Waals surface area contributed by atoms with Crippen molar-refractivity contribution in [3.05, 3.63) is 15.7 Å². The first-order chi connectivity index (χ1) is 6.72. The summed E-state index contributed by atoms with van der Waals surface area (Å²) in [4.78, 5) is 0. The van der Waals surface area contributed by atoms with Crippen LogP contribution in [0.25, 0.3) is 0 Å². The third kappa shape index (κ3) is 3.61. The van der Waals surface area contributed by atoms with Gasteiger partial charge in [0.05, 0.1) is 23.5 Å². The van der Waals surface area contributed by atoms with Gasteiger partial charge in [-0.05, 0) is 35.6 Å². The van der Waals surface area contributed by atoms with Crippen LogP contribution < -0.4 is 14.8 Å². The number of nitrogens with one attached hydrogen (secondary N) is 1. The van der Waals surface area contributed by atoms with Crippen molar-refractivity contribution < 1.29 is 9.47 Å². The Kier molecular flexibility index (Phi) is 6.84. The van der Waals surface area contributed by atoms with Gasteiger partial charge in [-0.15, -0.1) is 12.4 Å². The lowest BCUT2D eigenvalue weighted by molar-refractivity contribution is 0.402. The Balaban J connectivity index is 0.00000196. The van der Waals surface area contributed by atoms with Crippen molar-refractivity contribution in [1.29, 1.82) is 0 Å². The first kappa shape index (κ1) is 14.6. The summed E-state index contributed by atoms with van der Waals surface area (Å²) in [5.74, 6) is 1.71. The molecule has 0 unspecified atom stereocenters. The largest absolute Gasteiger partial charge is 0.496 e. The molecule has 0 radical (unpaired) electrons. The van der Waals surface area contributed by atoms with Gasteiger partial charge in [0.2, 0.25) is 0 Å². The average Bonchev–Trinajstić information content (AvgIpc) is 2.20. The van der Waals surface area contributed by atoms with E-state index in [2.05, 4.69) is 27.9 Å². The highest BCUT2D eigenvalue weighted by Crippen LogP contribution is 2.33. The fourth-order valence-corrected chi connectivity index (χ4v) is 1.85. The molecular formula is C10H15ClINO2. The molecular weight excluding hydrogens is 328 g/mol. The molecule has 0 aromatic heterocycles. The topological polar surface area (TPSA) is 30.5 Å².